The minimum atomic E-state index is -0.138. The SMILES string of the molecule is CC.CC.Cc1ncc2ccc(=O)[nH]c2n1. The molecule has 0 aliphatic heterocycles. The molecule has 2 aromatic heterocycles. The Balaban J connectivity index is 0.000000509. The van der Waals surface area contributed by atoms with Crippen LogP contribution in [0.15, 0.2) is 23.1 Å². The third-order valence-electron chi connectivity index (χ3n) is 1.59. The summed E-state index contributed by atoms with van der Waals surface area (Å²) in [4.78, 5) is 21.6. The van der Waals surface area contributed by atoms with E-state index in [4.69, 9.17) is 0 Å². The minimum absolute atomic E-state index is 0.138. The van der Waals surface area contributed by atoms with Gasteiger partial charge < -0.3 is 4.98 Å². The van der Waals surface area contributed by atoms with Crippen LogP contribution in [0.25, 0.3) is 11.0 Å². The molecule has 2 rings (SSSR count). The van der Waals surface area contributed by atoms with Gasteiger partial charge in [-0.15, -0.1) is 0 Å². The number of fused-ring (bicyclic) bond motifs is 1. The van der Waals surface area contributed by atoms with E-state index in [0.29, 0.717) is 11.5 Å². The number of hydrogen-bond acceptors (Lipinski definition) is 3. The van der Waals surface area contributed by atoms with Crippen LogP contribution in [-0.4, -0.2) is 15.0 Å². The van der Waals surface area contributed by atoms with E-state index in [1.54, 1.807) is 19.2 Å². The van der Waals surface area contributed by atoms with E-state index in [1.165, 1.54) is 6.07 Å². The second kappa shape index (κ2) is 7.56. The summed E-state index contributed by atoms with van der Waals surface area (Å²) in [6.45, 7) is 9.78. The fourth-order valence-electron chi connectivity index (χ4n) is 1.03. The van der Waals surface area contributed by atoms with Gasteiger partial charge in [0.2, 0.25) is 5.56 Å². The quantitative estimate of drug-likeness (QED) is 0.744. The first-order valence-electron chi connectivity index (χ1n) is 5.58. The molecule has 0 saturated carbocycles. The summed E-state index contributed by atoms with van der Waals surface area (Å²) in [5.41, 5.74) is 0.454. The van der Waals surface area contributed by atoms with Crippen LogP contribution in [-0.2, 0) is 0 Å². The molecule has 1 N–H and O–H groups in total. The molecule has 16 heavy (non-hydrogen) atoms. The number of aromatic amines is 1. The fourth-order valence-corrected chi connectivity index (χ4v) is 1.03. The van der Waals surface area contributed by atoms with Gasteiger partial charge in [-0.25, -0.2) is 9.97 Å². The van der Waals surface area contributed by atoms with E-state index in [2.05, 4.69) is 15.0 Å². The number of rotatable bonds is 0. The lowest BCUT2D eigenvalue weighted by atomic mass is 10.3. The molecule has 4 heteroatoms. The zero-order valence-corrected chi connectivity index (χ0v) is 10.5. The van der Waals surface area contributed by atoms with E-state index in [9.17, 15) is 4.79 Å². The third kappa shape index (κ3) is 3.81. The molecule has 88 valence electrons. The molecule has 2 heterocycles. The summed E-state index contributed by atoms with van der Waals surface area (Å²) >= 11 is 0. The Bertz CT molecular complexity index is 477. The van der Waals surface area contributed by atoms with E-state index in [-0.39, 0.29) is 5.56 Å². The Kier molecular flexibility index (Phi) is 6.76. The molecule has 0 saturated heterocycles. The van der Waals surface area contributed by atoms with Gasteiger partial charge in [-0.05, 0) is 13.0 Å². The first kappa shape index (κ1) is 14.3. The van der Waals surface area contributed by atoms with E-state index in [1.807, 2.05) is 27.7 Å². The molecule has 0 atom stereocenters. The van der Waals surface area contributed by atoms with Crippen LogP contribution in [0.4, 0.5) is 0 Å². The van der Waals surface area contributed by atoms with Crippen molar-refractivity contribution in [2.75, 3.05) is 0 Å². The maximum atomic E-state index is 10.9. The normalized spacial score (nSPS) is 8.56. The molecular formula is C12H19N3O. The number of aryl methyl sites for hydroxylation is 1. The average molecular weight is 221 g/mol. The lowest BCUT2D eigenvalue weighted by molar-refractivity contribution is 1.06. The number of nitrogens with one attached hydrogen (secondary N) is 1. The summed E-state index contributed by atoms with van der Waals surface area (Å²) in [5, 5.41) is 0.847. The van der Waals surface area contributed by atoms with E-state index < -0.39 is 0 Å². The minimum Gasteiger partial charge on any atom is -0.306 e. The Hall–Kier alpha value is -1.71. The van der Waals surface area contributed by atoms with Gasteiger partial charge in [-0.2, -0.15) is 0 Å². The van der Waals surface area contributed by atoms with Crippen LogP contribution in [0, 0.1) is 6.92 Å². The Morgan fingerprint density at radius 2 is 1.75 bits per heavy atom. The van der Waals surface area contributed by atoms with Crippen molar-refractivity contribution < 1.29 is 0 Å². The highest BCUT2D eigenvalue weighted by molar-refractivity contribution is 5.72. The molecule has 0 aromatic carbocycles. The Morgan fingerprint density at radius 3 is 2.38 bits per heavy atom. The second-order valence-corrected chi connectivity index (χ2v) is 2.54. The molecule has 0 amide bonds. The zero-order chi connectivity index (χ0) is 12.6. The van der Waals surface area contributed by atoms with Gasteiger partial charge in [0.25, 0.3) is 0 Å². The van der Waals surface area contributed by atoms with Gasteiger partial charge in [0, 0.05) is 17.6 Å². The number of H-pyrrole nitrogens is 1. The third-order valence-corrected chi connectivity index (χ3v) is 1.59. The second-order valence-electron chi connectivity index (χ2n) is 2.54. The maximum Gasteiger partial charge on any atom is 0.249 e. The highest BCUT2D eigenvalue weighted by Crippen LogP contribution is 2.03. The summed E-state index contributed by atoms with van der Waals surface area (Å²) in [6.07, 6.45) is 1.69. The van der Waals surface area contributed by atoms with Crippen molar-refractivity contribution in [3.8, 4) is 0 Å². The predicted octanol–water partition coefficient (Wildman–Crippen LogP) is 2.68. The lowest BCUT2D eigenvalue weighted by Crippen LogP contribution is -2.04. The van der Waals surface area contributed by atoms with Gasteiger partial charge in [-0.1, -0.05) is 27.7 Å². The van der Waals surface area contributed by atoms with Crippen molar-refractivity contribution in [2.45, 2.75) is 34.6 Å². The van der Waals surface area contributed by atoms with Crippen molar-refractivity contribution in [1.82, 2.24) is 15.0 Å². The summed E-state index contributed by atoms with van der Waals surface area (Å²) < 4.78 is 0. The molecule has 2 aromatic rings. The van der Waals surface area contributed by atoms with Crippen LogP contribution in [0.1, 0.15) is 33.5 Å². The van der Waals surface area contributed by atoms with Crippen molar-refractivity contribution >= 4 is 11.0 Å². The lowest BCUT2D eigenvalue weighted by Gasteiger charge is -1.95. The van der Waals surface area contributed by atoms with E-state index >= 15 is 0 Å². The largest absolute Gasteiger partial charge is 0.306 e. The van der Waals surface area contributed by atoms with Crippen LogP contribution in [0.3, 0.4) is 0 Å². The summed E-state index contributed by atoms with van der Waals surface area (Å²) in [6, 6.07) is 3.16. The Morgan fingerprint density at radius 1 is 1.12 bits per heavy atom. The van der Waals surface area contributed by atoms with Gasteiger partial charge in [0.1, 0.15) is 11.5 Å². The number of hydrogen-bond donors (Lipinski definition) is 1. The standard InChI is InChI=1S/C8H7N3O.2C2H6/c1-5-9-4-6-2-3-7(12)11-8(6)10-5;2*1-2/h2-4H,1H3,(H,9,10,11,12);2*1-2H3. The maximum absolute atomic E-state index is 10.9. The number of aromatic nitrogens is 3. The van der Waals surface area contributed by atoms with E-state index in [0.717, 1.165) is 5.39 Å². The molecular weight excluding hydrogens is 202 g/mol. The highest BCUT2D eigenvalue weighted by Gasteiger charge is 1.95. The first-order chi connectivity index (χ1) is 7.75. The van der Waals surface area contributed by atoms with Gasteiger partial charge in [0.05, 0.1) is 0 Å². The van der Waals surface area contributed by atoms with Crippen molar-refractivity contribution in [3.05, 3.63) is 34.5 Å². The molecule has 0 spiro atoms. The summed E-state index contributed by atoms with van der Waals surface area (Å²) in [7, 11) is 0. The molecule has 0 radical (unpaired) electrons. The van der Waals surface area contributed by atoms with Gasteiger partial charge in [-0.3, -0.25) is 4.79 Å². The molecule has 0 aliphatic carbocycles. The van der Waals surface area contributed by atoms with Crippen LogP contribution < -0.4 is 5.56 Å². The van der Waals surface area contributed by atoms with Gasteiger partial charge >= 0.3 is 0 Å². The van der Waals surface area contributed by atoms with Gasteiger partial charge in [0.15, 0.2) is 0 Å². The molecule has 0 fully saturated rings. The summed E-state index contributed by atoms with van der Waals surface area (Å²) in [5.74, 6) is 0.657. The molecule has 4 nitrogen and oxygen atoms in total. The van der Waals surface area contributed by atoms with Crippen molar-refractivity contribution in [1.29, 1.82) is 0 Å². The monoisotopic (exact) mass is 221 g/mol. The van der Waals surface area contributed by atoms with Crippen molar-refractivity contribution in [2.24, 2.45) is 0 Å². The number of pyridine rings is 1. The van der Waals surface area contributed by atoms with Crippen LogP contribution >= 0.6 is 0 Å². The van der Waals surface area contributed by atoms with Crippen LogP contribution in [0.2, 0.25) is 0 Å². The fraction of sp³-hybridized carbons (Fsp3) is 0.417. The molecule has 0 unspecified atom stereocenters. The Labute approximate surface area is 95.8 Å². The smallest absolute Gasteiger partial charge is 0.249 e. The molecule has 0 bridgehead atoms. The predicted molar refractivity (Wildman–Crippen MR) is 67.6 cm³/mol. The zero-order valence-electron chi connectivity index (χ0n) is 10.5. The van der Waals surface area contributed by atoms with Crippen molar-refractivity contribution in [3.63, 3.8) is 0 Å². The topological polar surface area (TPSA) is 58.6 Å². The molecule has 0 aliphatic rings. The number of nitrogens with zero attached hydrogens (tertiary/aromatic N) is 2. The van der Waals surface area contributed by atoms with Crippen LogP contribution in [0.5, 0.6) is 0 Å². The highest BCUT2D eigenvalue weighted by atomic mass is 16.1. The first-order valence-corrected chi connectivity index (χ1v) is 5.58. The average Bonchev–Trinajstić information content (AvgIpc) is 2.33.